The van der Waals surface area contributed by atoms with Gasteiger partial charge in [-0.05, 0) is 72.6 Å². The minimum atomic E-state index is -1.10. The van der Waals surface area contributed by atoms with Gasteiger partial charge >= 0.3 is 0 Å². The summed E-state index contributed by atoms with van der Waals surface area (Å²) >= 11 is 0. The highest BCUT2D eigenvalue weighted by molar-refractivity contribution is 5.59. The summed E-state index contributed by atoms with van der Waals surface area (Å²) in [4.78, 5) is 0. The number of hydrogen-bond acceptors (Lipinski definition) is 6. The fourth-order valence-corrected chi connectivity index (χ4v) is 5.89. The summed E-state index contributed by atoms with van der Waals surface area (Å²) in [5, 5.41) is 0. The molecule has 0 saturated heterocycles. The Morgan fingerprint density at radius 1 is 0.675 bits per heavy atom. The van der Waals surface area contributed by atoms with E-state index in [4.69, 9.17) is 28.4 Å². The lowest BCUT2D eigenvalue weighted by molar-refractivity contribution is -0.188. The largest absolute Gasteiger partial charge is 0.497 e. The molecule has 0 fully saturated rings. The zero-order chi connectivity index (χ0) is 27.7. The van der Waals surface area contributed by atoms with E-state index in [2.05, 4.69) is 12.2 Å². The molecule has 4 aromatic carbocycles. The van der Waals surface area contributed by atoms with Crippen LogP contribution in [0.3, 0.4) is 0 Å². The van der Waals surface area contributed by atoms with Crippen molar-refractivity contribution >= 4 is 6.08 Å². The third-order valence-electron chi connectivity index (χ3n) is 7.86. The van der Waals surface area contributed by atoms with E-state index >= 15 is 0 Å². The number of ether oxygens (including phenoxy) is 6. The fraction of sp³-hybridized carbons (Fsp3) is 0.235. The Hall–Kier alpha value is -4.58. The fourth-order valence-electron chi connectivity index (χ4n) is 5.89. The van der Waals surface area contributed by atoms with Gasteiger partial charge in [0.15, 0.2) is 0 Å². The maximum absolute atomic E-state index is 6.93. The van der Waals surface area contributed by atoms with E-state index in [1.807, 2.05) is 84.9 Å². The summed E-state index contributed by atoms with van der Waals surface area (Å²) in [7, 11) is 6.72. The summed E-state index contributed by atoms with van der Waals surface area (Å²) < 4.78 is 36.3. The Bertz CT molecular complexity index is 1530. The monoisotopic (exact) mass is 536 g/mol. The van der Waals surface area contributed by atoms with Gasteiger partial charge in [-0.3, -0.25) is 0 Å². The smallest absolute Gasteiger partial charge is 0.282 e. The first-order chi connectivity index (χ1) is 19.6. The van der Waals surface area contributed by atoms with Gasteiger partial charge in [-0.1, -0.05) is 36.4 Å². The molecule has 2 aliphatic heterocycles. The lowest BCUT2D eigenvalue weighted by atomic mass is 9.70. The third-order valence-corrected chi connectivity index (χ3v) is 7.86. The Morgan fingerprint density at radius 3 is 1.93 bits per heavy atom. The van der Waals surface area contributed by atoms with Gasteiger partial charge in [0.2, 0.25) is 0 Å². The number of fused-ring (bicyclic) bond motifs is 3. The van der Waals surface area contributed by atoms with Crippen molar-refractivity contribution in [3.05, 3.63) is 113 Å². The van der Waals surface area contributed by atoms with Crippen LogP contribution in [0.2, 0.25) is 0 Å². The molecule has 0 saturated carbocycles. The molecule has 0 aliphatic carbocycles. The SMILES string of the molecule is COc1ccc(/C=C/[C@@H]2c3c(OC)cccc3O[C@]3(c4ccc(OC)cc4)Oc4cccc(OC)c4C[C@H]23)cc1. The van der Waals surface area contributed by atoms with Crippen molar-refractivity contribution in [1.29, 1.82) is 0 Å². The Balaban J connectivity index is 1.56. The van der Waals surface area contributed by atoms with Crippen LogP contribution in [0.25, 0.3) is 6.08 Å². The molecule has 4 aromatic rings. The average Bonchev–Trinajstić information content (AvgIpc) is 3.01. The van der Waals surface area contributed by atoms with Crippen LogP contribution in [-0.2, 0) is 12.2 Å². The van der Waals surface area contributed by atoms with E-state index in [-0.39, 0.29) is 11.8 Å². The molecule has 0 aromatic heterocycles. The van der Waals surface area contributed by atoms with Crippen LogP contribution in [0, 0.1) is 5.92 Å². The quantitative estimate of drug-likeness (QED) is 0.253. The van der Waals surface area contributed by atoms with Crippen LogP contribution < -0.4 is 28.4 Å². The molecular formula is C34H32O6. The Labute approximate surface area is 234 Å². The summed E-state index contributed by atoms with van der Waals surface area (Å²) in [5.41, 5.74) is 3.98. The molecule has 0 radical (unpaired) electrons. The van der Waals surface area contributed by atoms with E-state index in [0.717, 1.165) is 56.8 Å². The topological polar surface area (TPSA) is 55.4 Å². The molecule has 40 heavy (non-hydrogen) atoms. The van der Waals surface area contributed by atoms with Crippen LogP contribution in [0.1, 0.15) is 28.2 Å². The van der Waals surface area contributed by atoms with E-state index in [9.17, 15) is 0 Å². The molecular weight excluding hydrogens is 504 g/mol. The van der Waals surface area contributed by atoms with Crippen molar-refractivity contribution in [2.75, 3.05) is 28.4 Å². The molecule has 0 N–H and O–H groups in total. The highest BCUT2D eigenvalue weighted by Gasteiger charge is 2.56. The highest BCUT2D eigenvalue weighted by Crippen LogP contribution is 2.58. The van der Waals surface area contributed by atoms with Gasteiger partial charge in [-0.15, -0.1) is 0 Å². The summed E-state index contributed by atoms with van der Waals surface area (Å²) in [6.07, 6.45) is 5.04. The predicted molar refractivity (Wildman–Crippen MR) is 154 cm³/mol. The van der Waals surface area contributed by atoms with E-state index in [0.29, 0.717) is 6.42 Å². The predicted octanol–water partition coefficient (Wildman–Crippen LogP) is 7.01. The number of allylic oxidation sites excluding steroid dienone is 1. The van der Waals surface area contributed by atoms with Crippen molar-refractivity contribution < 1.29 is 28.4 Å². The number of benzene rings is 4. The van der Waals surface area contributed by atoms with Crippen molar-refractivity contribution in [3.8, 4) is 34.5 Å². The molecule has 0 unspecified atom stereocenters. The van der Waals surface area contributed by atoms with Gasteiger partial charge in [0.25, 0.3) is 5.79 Å². The first-order valence-corrected chi connectivity index (χ1v) is 13.3. The second-order valence-electron chi connectivity index (χ2n) is 9.88. The minimum Gasteiger partial charge on any atom is -0.497 e. The van der Waals surface area contributed by atoms with Crippen LogP contribution in [0.4, 0.5) is 0 Å². The molecule has 0 amide bonds. The standard InChI is InChI=1S/C34H32O6/c1-35-24-16-11-22(12-17-24)13-20-26-28-21-27-29(37-3)7-5-8-30(27)39-34(28,23-14-18-25(36-2)19-15-23)40-32-10-6-9-31(38-4)33(26)32/h5-20,26,28H,21H2,1-4H3/b20-13+/t26-,28+,34-/m0/s1. The van der Waals surface area contributed by atoms with Crippen LogP contribution in [0.15, 0.2) is 91.0 Å². The van der Waals surface area contributed by atoms with Crippen molar-refractivity contribution in [3.63, 3.8) is 0 Å². The summed E-state index contributed by atoms with van der Waals surface area (Å²) in [6.45, 7) is 0. The van der Waals surface area contributed by atoms with Crippen LogP contribution >= 0.6 is 0 Å². The first kappa shape index (κ1) is 25.7. The third kappa shape index (κ3) is 4.30. The van der Waals surface area contributed by atoms with Gasteiger partial charge in [0, 0.05) is 22.6 Å². The van der Waals surface area contributed by atoms with Gasteiger partial charge in [0.1, 0.15) is 34.5 Å². The Morgan fingerprint density at radius 2 is 1.27 bits per heavy atom. The van der Waals surface area contributed by atoms with Gasteiger partial charge in [0.05, 0.1) is 34.4 Å². The molecule has 3 atom stereocenters. The normalized spacial score (nSPS) is 20.8. The Kier molecular flexibility index (Phi) is 6.76. The zero-order valence-corrected chi connectivity index (χ0v) is 23.0. The molecule has 204 valence electrons. The second kappa shape index (κ2) is 10.5. The van der Waals surface area contributed by atoms with Gasteiger partial charge in [-0.25, -0.2) is 0 Å². The molecule has 0 spiro atoms. The van der Waals surface area contributed by atoms with Crippen molar-refractivity contribution in [2.45, 2.75) is 18.1 Å². The maximum atomic E-state index is 6.93. The second-order valence-corrected chi connectivity index (χ2v) is 9.88. The minimum absolute atomic E-state index is 0.109. The molecule has 6 nitrogen and oxygen atoms in total. The van der Waals surface area contributed by atoms with Crippen molar-refractivity contribution in [1.82, 2.24) is 0 Å². The van der Waals surface area contributed by atoms with Crippen LogP contribution in [-0.4, -0.2) is 28.4 Å². The zero-order valence-electron chi connectivity index (χ0n) is 23.0. The summed E-state index contributed by atoms with van der Waals surface area (Å²) in [6, 6.07) is 27.8. The molecule has 0 bridgehead atoms. The number of rotatable bonds is 7. The van der Waals surface area contributed by atoms with Gasteiger partial charge in [-0.2, -0.15) is 0 Å². The molecule has 6 heteroatoms. The molecule has 6 rings (SSSR count). The number of hydrogen-bond donors (Lipinski definition) is 0. The van der Waals surface area contributed by atoms with Crippen LogP contribution in [0.5, 0.6) is 34.5 Å². The van der Waals surface area contributed by atoms with E-state index < -0.39 is 5.79 Å². The first-order valence-electron chi connectivity index (χ1n) is 13.3. The van der Waals surface area contributed by atoms with Crippen molar-refractivity contribution in [2.24, 2.45) is 5.92 Å². The van der Waals surface area contributed by atoms with E-state index in [1.165, 1.54) is 0 Å². The lowest BCUT2D eigenvalue weighted by Gasteiger charge is -2.50. The number of methoxy groups -OCH3 is 4. The van der Waals surface area contributed by atoms with Gasteiger partial charge < -0.3 is 28.4 Å². The molecule has 2 heterocycles. The summed E-state index contributed by atoms with van der Waals surface area (Å²) in [5.74, 6) is 3.27. The average molecular weight is 537 g/mol. The maximum Gasteiger partial charge on any atom is 0.282 e. The lowest BCUT2D eigenvalue weighted by Crippen LogP contribution is -2.54. The highest BCUT2D eigenvalue weighted by atomic mass is 16.7. The molecule has 2 aliphatic rings. The van der Waals surface area contributed by atoms with E-state index in [1.54, 1.807) is 28.4 Å².